The van der Waals surface area contributed by atoms with Crippen LogP contribution in [0.3, 0.4) is 0 Å². The highest BCUT2D eigenvalue weighted by Crippen LogP contribution is 2.28. The third-order valence-corrected chi connectivity index (χ3v) is 4.50. The molecule has 0 spiro atoms. The van der Waals surface area contributed by atoms with Crippen LogP contribution < -0.4 is 11.1 Å². The Labute approximate surface area is 121 Å². The van der Waals surface area contributed by atoms with Crippen LogP contribution >= 0.6 is 0 Å². The standard InChI is InChI=1S/C17H26N2O/c1-2-14-5-3-4-6-16(14)12-19-17(20)15-9-7-13(11-18)8-10-15/h3-6,13,15H,2,7-12,18H2,1H3,(H,19,20). The van der Waals surface area contributed by atoms with Crippen molar-refractivity contribution in [2.24, 2.45) is 17.6 Å². The second-order valence-corrected chi connectivity index (χ2v) is 5.79. The molecule has 1 saturated carbocycles. The van der Waals surface area contributed by atoms with Crippen LogP contribution in [0.4, 0.5) is 0 Å². The number of aryl methyl sites for hydroxylation is 1. The van der Waals surface area contributed by atoms with Crippen molar-refractivity contribution in [3.05, 3.63) is 35.4 Å². The van der Waals surface area contributed by atoms with Crippen LogP contribution in [-0.2, 0) is 17.8 Å². The van der Waals surface area contributed by atoms with Crippen LogP contribution in [0.5, 0.6) is 0 Å². The van der Waals surface area contributed by atoms with Crippen molar-refractivity contribution in [1.82, 2.24) is 5.32 Å². The third kappa shape index (κ3) is 3.83. The van der Waals surface area contributed by atoms with Crippen molar-refractivity contribution >= 4 is 5.91 Å². The number of carbonyl (C=O) groups is 1. The summed E-state index contributed by atoms with van der Waals surface area (Å²) in [5, 5.41) is 3.11. The lowest BCUT2D eigenvalue weighted by Crippen LogP contribution is -2.34. The molecule has 0 saturated heterocycles. The molecule has 3 nitrogen and oxygen atoms in total. The maximum atomic E-state index is 12.2. The Balaban J connectivity index is 1.83. The number of rotatable bonds is 5. The molecular weight excluding hydrogens is 248 g/mol. The van der Waals surface area contributed by atoms with Gasteiger partial charge in [0.25, 0.3) is 0 Å². The normalized spacial score (nSPS) is 22.5. The van der Waals surface area contributed by atoms with E-state index in [1.54, 1.807) is 0 Å². The van der Waals surface area contributed by atoms with Crippen molar-refractivity contribution in [1.29, 1.82) is 0 Å². The summed E-state index contributed by atoms with van der Waals surface area (Å²) >= 11 is 0. The Morgan fingerprint density at radius 2 is 1.85 bits per heavy atom. The van der Waals surface area contributed by atoms with Crippen LogP contribution in [0.1, 0.15) is 43.7 Å². The molecule has 2 rings (SSSR count). The fourth-order valence-electron chi connectivity index (χ4n) is 3.06. The van der Waals surface area contributed by atoms with Crippen molar-refractivity contribution in [2.75, 3.05) is 6.54 Å². The van der Waals surface area contributed by atoms with Gasteiger partial charge < -0.3 is 11.1 Å². The molecule has 3 heteroatoms. The van der Waals surface area contributed by atoms with Gasteiger partial charge >= 0.3 is 0 Å². The monoisotopic (exact) mass is 274 g/mol. The first-order valence-corrected chi connectivity index (χ1v) is 7.79. The van der Waals surface area contributed by atoms with Crippen molar-refractivity contribution < 1.29 is 4.79 Å². The van der Waals surface area contributed by atoms with Gasteiger partial charge in [0.05, 0.1) is 0 Å². The molecule has 1 aromatic rings. The molecule has 20 heavy (non-hydrogen) atoms. The molecule has 0 unspecified atom stereocenters. The lowest BCUT2D eigenvalue weighted by molar-refractivity contribution is -0.126. The van der Waals surface area contributed by atoms with E-state index in [0.29, 0.717) is 12.5 Å². The van der Waals surface area contributed by atoms with Gasteiger partial charge in [-0.25, -0.2) is 0 Å². The summed E-state index contributed by atoms with van der Waals surface area (Å²) in [7, 11) is 0. The molecule has 0 heterocycles. The van der Waals surface area contributed by atoms with Gasteiger partial charge in [0.1, 0.15) is 0 Å². The van der Waals surface area contributed by atoms with Gasteiger partial charge in [0.15, 0.2) is 0 Å². The highest BCUT2D eigenvalue weighted by Gasteiger charge is 2.25. The summed E-state index contributed by atoms with van der Waals surface area (Å²) < 4.78 is 0. The molecule has 0 atom stereocenters. The van der Waals surface area contributed by atoms with E-state index in [1.807, 2.05) is 6.07 Å². The first kappa shape index (κ1) is 15.0. The summed E-state index contributed by atoms with van der Waals surface area (Å²) in [6.45, 7) is 3.56. The molecule has 3 N–H and O–H groups in total. The van der Waals surface area contributed by atoms with Crippen molar-refractivity contribution in [3.63, 3.8) is 0 Å². The molecule has 0 radical (unpaired) electrons. The Hall–Kier alpha value is -1.35. The lowest BCUT2D eigenvalue weighted by atomic mass is 9.81. The zero-order valence-corrected chi connectivity index (χ0v) is 12.4. The Morgan fingerprint density at radius 3 is 2.45 bits per heavy atom. The number of nitrogens with one attached hydrogen (secondary N) is 1. The van der Waals surface area contributed by atoms with Gasteiger partial charge in [-0.05, 0) is 55.7 Å². The smallest absolute Gasteiger partial charge is 0.223 e. The molecule has 1 fully saturated rings. The number of hydrogen-bond acceptors (Lipinski definition) is 2. The number of nitrogens with two attached hydrogens (primary N) is 1. The third-order valence-electron chi connectivity index (χ3n) is 4.50. The summed E-state index contributed by atoms with van der Waals surface area (Å²) in [6.07, 6.45) is 5.18. The fraction of sp³-hybridized carbons (Fsp3) is 0.588. The van der Waals surface area contributed by atoms with E-state index >= 15 is 0 Å². The van der Waals surface area contributed by atoms with Crippen LogP contribution in [0.15, 0.2) is 24.3 Å². The van der Waals surface area contributed by atoms with Gasteiger partial charge in [0.2, 0.25) is 5.91 Å². The van der Waals surface area contributed by atoms with Gasteiger partial charge in [0, 0.05) is 12.5 Å². The molecule has 1 aliphatic carbocycles. The minimum atomic E-state index is 0.187. The highest BCUT2D eigenvalue weighted by atomic mass is 16.1. The number of benzene rings is 1. The van der Waals surface area contributed by atoms with E-state index in [4.69, 9.17) is 5.73 Å². The fourth-order valence-corrected chi connectivity index (χ4v) is 3.06. The molecule has 0 aliphatic heterocycles. The first-order chi connectivity index (χ1) is 9.74. The van der Waals surface area contributed by atoms with Crippen LogP contribution in [0.25, 0.3) is 0 Å². The molecular formula is C17H26N2O. The van der Waals surface area contributed by atoms with Gasteiger partial charge in [-0.1, -0.05) is 31.2 Å². The van der Waals surface area contributed by atoms with Crippen LogP contribution in [-0.4, -0.2) is 12.5 Å². The zero-order valence-electron chi connectivity index (χ0n) is 12.4. The van der Waals surface area contributed by atoms with E-state index < -0.39 is 0 Å². The first-order valence-electron chi connectivity index (χ1n) is 7.79. The molecule has 1 aliphatic rings. The summed E-state index contributed by atoms with van der Waals surface area (Å²) in [6, 6.07) is 8.32. The van der Waals surface area contributed by atoms with Gasteiger partial charge in [-0.2, -0.15) is 0 Å². The SMILES string of the molecule is CCc1ccccc1CNC(=O)C1CCC(CN)CC1. The second-order valence-electron chi connectivity index (χ2n) is 5.79. The highest BCUT2D eigenvalue weighted by molar-refractivity contribution is 5.78. The van der Waals surface area contributed by atoms with E-state index in [2.05, 4.69) is 30.4 Å². The van der Waals surface area contributed by atoms with Crippen molar-refractivity contribution in [2.45, 2.75) is 45.6 Å². The van der Waals surface area contributed by atoms with Crippen molar-refractivity contribution in [3.8, 4) is 0 Å². The predicted molar refractivity (Wildman–Crippen MR) is 82.2 cm³/mol. The summed E-state index contributed by atoms with van der Waals surface area (Å²) in [5.74, 6) is 1.03. The molecule has 110 valence electrons. The molecule has 0 aromatic heterocycles. The molecule has 1 amide bonds. The minimum Gasteiger partial charge on any atom is -0.352 e. The maximum Gasteiger partial charge on any atom is 0.223 e. The van der Waals surface area contributed by atoms with Crippen LogP contribution in [0.2, 0.25) is 0 Å². The van der Waals surface area contributed by atoms with Crippen LogP contribution in [0, 0.1) is 11.8 Å². The molecule has 1 aromatic carbocycles. The Kier molecular flexibility index (Phi) is 5.60. The number of amides is 1. The molecule has 0 bridgehead atoms. The minimum absolute atomic E-state index is 0.187. The van der Waals surface area contributed by atoms with E-state index in [9.17, 15) is 4.79 Å². The lowest BCUT2D eigenvalue weighted by Gasteiger charge is -2.26. The number of carbonyl (C=O) groups excluding carboxylic acids is 1. The average molecular weight is 274 g/mol. The van der Waals surface area contributed by atoms with E-state index in [1.165, 1.54) is 11.1 Å². The maximum absolute atomic E-state index is 12.2. The predicted octanol–water partition coefficient (Wildman–Crippen LogP) is 2.63. The second kappa shape index (κ2) is 7.44. The largest absolute Gasteiger partial charge is 0.352 e. The average Bonchev–Trinajstić information content (AvgIpc) is 2.53. The van der Waals surface area contributed by atoms with Gasteiger partial charge in [-0.3, -0.25) is 4.79 Å². The zero-order chi connectivity index (χ0) is 14.4. The van der Waals surface area contributed by atoms with Gasteiger partial charge in [-0.15, -0.1) is 0 Å². The topological polar surface area (TPSA) is 55.1 Å². The van der Waals surface area contributed by atoms with E-state index in [-0.39, 0.29) is 11.8 Å². The quantitative estimate of drug-likeness (QED) is 0.867. The Bertz CT molecular complexity index is 436. The Morgan fingerprint density at radius 1 is 1.20 bits per heavy atom. The number of hydrogen-bond donors (Lipinski definition) is 2. The summed E-state index contributed by atoms with van der Waals surface area (Å²) in [5.41, 5.74) is 8.25. The van der Waals surface area contributed by atoms with E-state index in [0.717, 1.165) is 38.6 Å². The summed E-state index contributed by atoms with van der Waals surface area (Å²) in [4.78, 5) is 12.2.